The van der Waals surface area contributed by atoms with Crippen LogP contribution >= 0.6 is 0 Å². The summed E-state index contributed by atoms with van der Waals surface area (Å²) in [6, 6.07) is 10.3. The van der Waals surface area contributed by atoms with Crippen molar-refractivity contribution in [3.8, 4) is 11.4 Å². The molecule has 2 heterocycles. The van der Waals surface area contributed by atoms with Crippen LogP contribution in [0, 0.1) is 0 Å². The molecule has 1 aromatic carbocycles. The topological polar surface area (TPSA) is 56.7 Å². The smallest absolute Gasteiger partial charge is 0.141 e. The Labute approximate surface area is 118 Å². The molecule has 0 spiro atoms. The molecule has 4 heteroatoms. The third-order valence-corrected chi connectivity index (χ3v) is 3.42. The van der Waals surface area contributed by atoms with E-state index < -0.39 is 0 Å². The molecule has 102 valence electrons. The van der Waals surface area contributed by atoms with Gasteiger partial charge in [-0.1, -0.05) is 25.1 Å². The van der Waals surface area contributed by atoms with Gasteiger partial charge in [-0.2, -0.15) is 0 Å². The third-order valence-electron chi connectivity index (χ3n) is 3.42. The first-order chi connectivity index (χ1) is 9.83. The zero-order chi connectivity index (χ0) is 13.9. The summed E-state index contributed by atoms with van der Waals surface area (Å²) in [6.45, 7) is 3.67. The fourth-order valence-electron chi connectivity index (χ4n) is 2.49. The van der Waals surface area contributed by atoms with Gasteiger partial charge in [0.05, 0.1) is 11.7 Å². The summed E-state index contributed by atoms with van der Waals surface area (Å²) < 4.78 is 2.26. The lowest BCUT2D eigenvalue weighted by atomic mass is 10.1. The van der Waals surface area contributed by atoms with E-state index in [1.165, 1.54) is 0 Å². The fourth-order valence-corrected chi connectivity index (χ4v) is 2.49. The minimum absolute atomic E-state index is 0.545. The molecule has 0 aliphatic heterocycles. The van der Waals surface area contributed by atoms with Gasteiger partial charge in [-0.05, 0) is 24.1 Å². The molecule has 0 amide bonds. The Hall–Kier alpha value is -2.20. The number of rotatable bonds is 4. The molecule has 20 heavy (non-hydrogen) atoms. The van der Waals surface area contributed by atoms with Gasteiger partial charge in [-0.3, -0.25) is 4.98 Å². The van der Waals surface area contributed by atoms with Gasteiger partial charge >= 0.3 is 0 Å². The average molecular weight is 266 g/mol. The number of hydrogen-bond acceptors (Lipinski definition) is 3. The quantitative estimate of drug-likeness (QED) is 0.789. The number of hydrogen-bond donors (Lipinski definition) is 1. The third kappa shape index (κ3) is 2.18. The highest BCUT2D eigenvalue weighted by atomic mass is 15.1. The molecule has 0 aliphatic carbocycles. The van der Waals surface area contributed by atoms with Crippen molar-refractivity contribution in [2.24, 2.45) is 5.73 Å². The number of imidazole rings is 1. The molecule has 0 unspecified atom stereocenters. The maximum absolute atomic E-state index is 5.73. The predicted octanol–water partition coefficient (Wildman–Crippen LogP) is 2.97. The minimum atomic E-state index is 0.545. The number of aromatic nitrogens is 3. The van der Waals surface area contributed by atoms with Crippen molar-refractivity contribution in [2.45, 2.75) is 26.4 Å². The van der Waals surface area contributed by atoms with Crippen LogP contribution in [0.15, 0.2) is 42.7 Å². The number of benzene rings is 1. The molecule has 0 saturated carbocycles. The number of aryl methyl sites for hydroxylation is 1. The minimum Gasteiger partial charge on any atom is -0.326 e. The SMILES string of the molecule is CCCn1c(-c2cccc(CN)c2)nc2cnccc21. The van der Waals surface area contributed by atoms with Gasteiger partial charge in [0.2, 0.25) is 0 Å². The Balaban J connectivity index is 2.21. The maximum Gasteiger partial charge on any atom is 0.141 e. The average Bonchev–Trinajstić information content (AvgIpc) is 2.87. The van der Waals surface area contributed by atoms with Crippen LogP contribution in [0.25, 0.3) is 22.4 Å². The second-order valence-electron chi connectivity index (χ2n) is 4.86. The molecule has 4 nitrogen and oxygen atoms in total. The molecule has 2 aromatic heterocycles. The lowest BCUT2D eigenvalue weighted by Crippen LogP contribution is -2.01. The Morgan fingerprint density at radius 1 is 1.25 bits per heavy atom. The van der Waals surface area contributed by atoms with E-state index in [1.54, 1.807) is 0 Å². The van der Waals surface area contributed by atoms with Gasteiger partial charge in [-0.25, -0.2) is 4.98 Å². The van der Waals surface area contributed by atoms with E-state index in [2.05, 4.69) is 28.6 Å². The van der Waals surface area contributed by atoms with Crippen molar-refractivity contribution in [1.82, 2.24) is 14.5 Å². The largest absolute Gasteiger partial charge is 0.326 e. The molecule has 0 radical (unpaired) electrons. The molecular weight excluding hydrogens is 248 g/mol. The molecule has 2 N–H and O–H groups in total. The number of pyridine rings is 1. The van der Waals surface area contributed by atoms with Gasteiger partial charge in [0.15, 0.2) is 0 Å². The summed E-state index contributed by atoms with van der Waals surface area (Å²) in [4.78, 5) is 8.90. The van der Waals surface area contributed by atoms with Crippen LogP contribution in [-0.4, -0.2) is 14.5 Å². The van der Waals surface area contributed by atoms with E-state index >= 15 is 0 Å². The Bertz CT molecular complexity index is 730. The zero-order valence-electron chi connectivity index (χ0n) is 11.6. The van der Waals surface area contributed by atoms with E-state index in [4.69, 9.17) is 10.7 Å². The highest BCUT2D eigenvalue weighted by molar-refractivity contribution is 5.79. The van der Waals surface area contributed by atoms with E-state index in [0.717, 1.165) is 41.0 Å². The van der Waals surface area contributed by atoms with E-state index in [1.807, 2.05) is 30.6 Å². The van der Waals surface area contributed by atoms with Crippen molar-refractivity contribution in [1.29, 1.82) is 0 Å². The van der Waals surface area contributed by atoms with Crippen LogP contribution in [0.5, 0.6) is 0 Å². The van der Waals surface area contributed by atoms with E-state index in [0.29, 0.717) is 6.54 Å². The fraction of sp³-hybridized carbons (Fsp3) is 0.250. The van der Waals surface area contributed by atoms with Crippen LogP contribution in [0.1, 0.15) is 18.9 Å². The van der Waals surface area contributed by atoms with Crippen molar-refractivity contribution in [3.05, 3.63) is 48.3 Å². The lowest BCUT2D eigenvalue weighted by Gasteiger charge is -2.08. The first-order valence-corrected chi connectivity index (χ1v) is 6.93. The summed E-state index contributed by atoms with van der Waals surface area (Å²) in [7, 11) is 0. The van der Waals surface area contributed by atoms with Crippen LogP contribution in [-0.2, 0) is 13.1 Å². The normalized spacial score (nSPS) is 11.1. The van der Waals surface area contributed by atoms with Gasteiger partial charge in [-0.15, -0.1) is 0 Å². The number of nitrogens with zero attached hydrogens (tertiary/aromatic N) is 3. The summed E-state index contributed by atoms with van der Waals surface area (Å²) in [5, 5.41) is 0. The predicted molar refractivity (Wildman–Crippen MR) is 81.1 cm³/mol. The molecule has 0 fully saturated rings. The summed E-state index contributed by atoms with van der Waals surface area (Å²) in [6.07, 6.45) is 4.70. The Morgan fingerprint density at radius 2 is 2.15 bits per heavy atom. The van der Waals surface area contributed by atoms with Crippen molar-refractivity contribution in [3.63, 3.8) is 0 Å². The van der Waals surface area contributed by atoms with Crippen molar-refractivity contribution in [2.75, 3.05) is 0 Å². The highest BCUT2D eigenvalue weighted by Crippen LogP contribution is 2.25. The molecular formula is C16H18N4. The molecule has 0 aliphatic rings. The molecule has 3 aromatic rings. The first-order valence-electron chi connectivity index (χ1n) is 6.93. The molecule has 3 rings (SSSR count). The van der Waals surface area contributed by atoms with Crippen LogP contribution < -0.4 is 5.73 Å². The number of nitrogens with two attached hydrogens (primary N) is 1. The molecule has 0 atom stereocenters. The lowest BCUT2D eigenvalue weighted by molar-refractivity contribution is 0.704. The first kappa shape index (κ1) is 12.8. The van der Waals surface area contributed by atoms with E-state index in [-0.39, 0.29) is 0 Å². The van der Waals surface area contributed by atoms with Crippen molar-refractivity contribution < 1.29 is 0 Å². The summed E-state index contributed by atoms with van der Waals surface area (Å²) >= 11 is 0. The van der Waals surface area contributed by atoms with Gasteiger partial charge < -0.3 is 10.3 Å². The molecule has 0 saturated heterocycles. The Kier molecular flexibility index (Phi) is 3.48. The van der Waals surface area contributed by atoms with Gasteiger partial charge in [0.25, 0.3) is 0 Å². The Morgan fingerprint density at radius 3 is 2.95 bits per heavy atom. The second-order valence-corrected chi connectivity index (χ2v) is 4.86. The van der Waals surface area contributed by atoms with Crippen LogP contribution in [0.2, 0.25) is 0 Å². The van der Waals surface area contributed by atoms with Gasteiger partial charge in [0.1, 0.15) is 11.3 Å². The summed E-state index contributed by atoms with van der Waals surface area (Å²) in [5.74, 6) is 0.991. The van der Waals surface area contributed by atoms with E-state index in [9.17, 15) is 0 Å². The number of fused-ring (bicyclic) bond motifs is 1. The standard InChI is InChI=1S/C16H18N4/c1-2-8-20-15-6-7-18-11-14(15)19-16(20)13-5-3-4-12(9-13)10-17/h3-7,9,11H,2,8,10,17H2,1H3. The molecule has 0 bridgehead atoms. The maximum atomic E-state index is 5.73. The second kappa shape index (κ2) is 5.43. The zero-order valence-corrected chi connectivity index (χ0v) is 11.6. The monoisotopic (exact) mass is 266 g/mol. The van der Waals surface area contributed by atoms with Crippen LogP contribution in [0.4, 0.5) is 0 Å². The highest BCUT2D eigenvalue weighted by Gasteiger charge is 2.12. The van der Waals surface area contributed by atoms with Gasteiger partial charge in [0, 0.05) is 24.8 Å². The summed E-state index contributed by atoms with van der Waals surface area (Å²) in [5.41, 5.74) is 10.0. The van der Waals surface area contributed by atoms with Crippen LogP contribution in [0.3, 0.4) is 0 Å². The van der Waals surface area contributed by atoms with Crippen molar-refractivity contribution >= 4 is 11.0 Å².